The Morgan fingerprint density at radius 1 is 1.10 bits per heavy atom. The summed E-state index contributed by atoms with van der Waals surface area (Å²) < 4.78 is 12.3. The number of hydrogen-bond donors (Lipinski definition) is 1. The summed E-state index contributed by atoms with van der Waals surface area (Å²) in [6.45, 7) is 3.11. The Bertz CT molecular complexity index is 1260. The van der Waals surface area contributed by atoms with Gasteiger partial charge in [0, 0.05) is 11.1 Å². The summed E-state index contributed by atoms with van der Waals surface area (Å²) in [6.07, 6.45) is 1.68. The molecule has 150 valence electrons. The zero-order valence-corrected chi connectivity index (χ0v) is 17.7. The number of carbonyl (C=O) groups is 1. The molecule has 2 aromatic carbocycles. The maximum absolute atomic E-state index is 13.0. The van der Waals surface area contributed by atoms with Crippen LogP contribution < -0.4 is 14.8 Å². The third-order valence-corrected chi connectivity index (χ3v) is 6.45. The highest BCUT2D eigenvalue weighted by Crippen LogP contribution is 2.37. The molecule has 1 N–H and O–H groups in total. The van der Waals surface area contributed by atoms with Crippen molar-refractivity contribution in [1.82, 2.24) is 9.97 Å². The van der Waals surface area contributed by atoms with Crippen molar-refractivity contribution >= 4 is 44.4 Å². The zero-order valence-electron chi connectivity index (χ0n) is 16.0. The van der Waals surface area contributed by atoms with Gasteiger partial charge in [0.1, 0.15) is 18.2 Å². The second-order valence-electron chi connectivity index (χ2n) is 6.71. The Hall–Kier alpha value is -3.10. The van der Waals surface area contributed by atoms with Gasteiger partial charge in [0.05, 0.1) is 15.8 Å². The van der Waals surface area contributed by atoms with Crippen LogP contribution in [0.5, 0.6) is 11.5 Å². The number of rotatable bonds is 4. The summed E-state index contributed by atoms with van der Waals surface area (Å²) in [5.41, 5.74) is 2.53. The molecule has 2 aromatic heterocycles. The molecule has 6 nitrogen and oxygen atoms in total. The minimum atomic E-state index is -0.237. The number of benzene rings is 2. The molecule has 1 amide bonds. The van der Waals surface area contributed by atoms with E-state index in [1.807, 2.05) is 37.3 Å². The van der Waals surface area contributed by atoms with E-state index in [1.54, 1.807) is 18.3 Å². The van der Waals surface area contributed by atoms with Gasteiger partial charge in [-0.3, -0.25) is 10.1 Å². The van der Waals surface area contributed by atoms with Gasteiger partial charge in [0.25, 0.3) is 5.91 Å². The first-order valence-corrected chi connectivity index (χ1v) is 11.0. The van der Waals surface area contributed by atoms with Crippen LogP contribution in [-0.4, -0.2) is 29.1 Å². The Balaban J connectivity index is 1.39. The molecule has 0 fully saturated rings. The standard InChI is InChI=1S/C22H17N3O3S2/c1-13-4-6-16-19(11-13)30-22(24-16)25-20(26)15-3-2-8-23-21(15)29-14-5-7-17-18(12-14)28-10-9-27-17/h2-8,11-12H,9-10H2,1H3,(H,24,25,26). The van der Waals surface area contributed by atoms with Crippen molar-refractivity contribution in [3.05, 3.63) is 65.9 Å². The number of aromatic nitrogens is 2. The molecule has 4 aromatic rings. The third kappa shape index (κ3) is 3.83. The van der Waals surface area contributed by atoms with Gasteiger partial charge < -0.3 is 9.47 Å². The fourth-order valence-corrected chi connectivity index (χ4v) is 4.96. The van der Waals surface area contributed by atoms with Crippen LogP contribution in [0.2, 0.25) is 0 Å². The third-order valence-electron chi connectivity index (χ3n) is 4.51. The van der Waals surface area contributed by atoms with Gasteiger partial charge in [-0.15, -0.1) is 0 Å². The van der Waals surface area contributed by atoms with Crippen molar-refractivity contribution in [1.29, 1.82) is 0 Å². The summed E-state index contributed by atoms with van der Waals surface area (Å²) in [7, 11) is 0. The molecule has 0 atom stereocenters. The number of hydrogen-bond acceptors (Lipinski definition) is 7. The van der Waals surface area contributed by atoms with Crippen LogP contribution in [-0.2, 0) is 0 Å². The minimum Gasteiger partial charge on any atom is -0.486 e. The summed E-state index contributed by atoms with van der Waals surface area (Å²) in [5, 5.41) is 4.10. The average molecular weight is 436 g/mol. The first-order valence-electron chi connectivity index (χ1n) is 9.37. The van der Waals surface area contributed by atoms with Crippen LogP contribution >= 0.6 is 23.1 Å². The molecule has 0 saturated carbocycles. The fourth-order valence-electron chi connectivity index (χ4n) is 3.09. The number of ether oxygens (including phenoxy) is 2. The number of aryl methyl sites for hydroxylation is 1. The van der Waals surface area contributed by atoms with Crippen LogP contribution in [0.1, 0.15) is 15.9 Å². The molecular weight excluding hydrogens is 418 g/mol. The number of thiazole rings is 1. The molecule has 0 bridgehead atoms. The molecule has 0 saturated heterocycles. The fraction of sp³-hybridized carbons (Fsp3) is 0.136. The van der Waals surface area contributed by atoms with Crippen LogP contribution in [0.3, 0.4) is 0 Å². The van der Waals surface area contributed by atoms with Crippen LogP contribution in [0.15, 0.2) is 64.6 Å². The van der Waals surface area contributed by atoms with Gasteiger partial charge in [-0.1, -0.05) is 29.2 Å². The first kappa shape index (κ1) is 18.9. The lowest BCUT2D eigenvalue weighted by molar-refractivity contribution is 0.102. The van der Waals surface area contributed by atoms with Gasteiger partial charge in [-0.05, 0) is 55.0 Å². The van der Waals surface area contributed by atoms with Gasteiger partial charge in [0.15, 0.2) is 16.6 Å². The normalized spacial score (nSPS) is 12.7. The molecule has 0 unspecified atom stereocenters. The number of nitrogens with zero attached hydrogens (tertiary/aromatic N) is 2. The van der Waals surface area contributed by atoms with E-state index in [0.717, 1.165) is 26.4 Å². The zero-order chi connectivity index (χ0) is 20.5. The largest absolute Gasteiger partial charge is 0.486 e. The van der Waals surface area contributed by atoms with E-state index in [9.17, 15) is 4.79 Å². The minimum absolute atomic E-state index is 0.237. The van der Waals surface area contributed by atoms with Crippen molar-refractivity contribution in [2.45, 2.75) is 16.8 Å². The predicted molar refractivity (Wildman–Crippen MR) is 118 cm³/mol. The number of fused-ring (bicyclic) bond motifs is 2. The average Bonchev–Trinajstić information content (AvgIpc) is 3.15. The molecule has 0 spiro atoms. The summed E-state index contributed by atoms with van der Waals surface area (Å²) in [4.78, 5) is 22.8. The van der Waals surface area contributed by atoms with Gasteiger partial charge in [-0.2, -0.15) is 0 Å². The lowest BCUT2D eigenvalue weighted by atomic mass is 10.2. The SMILES string of the molecule is Cc1ccc2nc(NC(=O)c3cccnc3Sc3ccc4c(c3)OCCO4)sc2c1. The van der Waals surface area contributed by atoms with Crippen molar-refractivity contribution in [3.8, 4) is 11.5 Å². The van der Waals surface area contributed by atoms with E-state index in [-0.39, 0.29) is 5.91 Å². The number of carbonyl (C=O) groups excluding carboxylic acids is 1. The Labute approximate surface area is 181 Å². The molecule has 1 aliphatic heterocycles. The molecule has 3 heterocycles. The van der Waals surface area contributed by atoms with Gasteiger partial charge in [-0.25, -0.2) is 9.97 Å². The van der Waals surface area contributed by atoms with Crippen molar-refractivity contribution in [3.63, 3.8) is 0 Å². The summed E-state index contributed by atoms with van der Waals surface area (Å²) >= 11 is 2.87. The van der Waals surface area contributed by atoms with Crippen LogP contribution in [0.25, 0.3) is 10.2 Å². The van der Waals surface area contributed by atoms with E-state index in [4.69, 9.17) is 9.47 Å². The van der Waals surface area contributed by atoms with Gasteiger partial charge >= 0.3 is 0 Å². The maximum atomic E-state index is 13.0. The van der Waals surface area contributed by atoms with E-state index >= 15 is 0 Å². The van der Waals surface area contributed by atoms with E-state index in [0.29, 0.717) is 34.7 Å². The quantitative estimate of drug-likeness (QED) is 0.476. The molecule has 5 rings (SSSR count). The highest BCUT2D eigenvalue weighted by atomic mass is 32.2. The second-order valence-corrected chi connectivity index (χ2v) is 8.80. The molecule has 1 aliphatic rings. The van der Waals surface area contributed by atoms with Crippen molar-refractivity contribution in [2.24, 2.45) is 0 Å². The van der Waals surface area contributed by atoms with E-state index < -0.39 is 0 Å². The van der Waals surface area contributed by atoms with Crippen molar-refractivity contribution < 1.29 is 14.3 Å². The van der Waals surface area contributed by atoms with E-state index in [2.05, 4.69) is 21.4 Å². The Morgan fingerprint density at radius 3 is 2.87 bits per heavy atom. The predicted octanol–water partition coefficient (Wildman–Crippen LogP) is 5.17. The smallest absolute Gasteiger partial charge is 0.260 e. The molecule has 0 aliphatic carbocycles. The number of nitrogens with one attached hydrogen (secondary N) is 1. The highest BCUT2D eigenvalue weighted by Gasteiger charge is 2.17. The number of pyridine rings is 1. The van der Waals surface area contributed by atoms with E-state index in [1.165, 1.54) is 23.1 Å². The monoisotopic (exact) mass is 435 g/mol. The lowest BCUT2D eigenvalue weighted by Crippen LogP contribution is -2.15. The molecular formula is C22H17N3O3S2. The van der Waals surface area contributed by atoms with Crippen LogP contribution in [0, 0.1) is 6.92 Å². The lowest BCUT2D eigenvalue weighted by Gasteiger charge is -2.18. The molecule has 30 heavy (non-hydrogen) atoms. The topological polar surface area (TPSA) is 73.3 Å². The first-order chi connectivity index (χ1) is 14.7. The van der Waals surface area contributed by atoms with Crippen molar-refractivity contribution in [2.75, 3.05) is 18.5 Å². The van der Waals surface area contributed by atoms with Gasteiger partial charge in [0.2, 0.25) is 0 Å². The Kier molecular flexibility index (Phi) is 5.02. The number of amides is 1. The van der Waals surface area contributed by atoms with Crippen LogP contribution in [0.4, 0.5) is 5.13 Å². The Morgan fingerprint density at radius 2 is 1.97 bits per heavy atom. The maximum Gasteiger partial charge on any atom is 0.260 e. The second kappa shape index (κ2) is 7.97. The highest BCUT2D eigenvalue weighted by molar-refractivity contribution is 7.99. The summed E-state index contributed by atoms with van der Waals surface area (Å²) in [5.74, 6) is 1.20. The summed E-state index contributed by atoms with van der Waals surface area (Å²) in [6, 6.07) is 15.3. The molecule has 8 heteroatoms. The number of anilines is 1. The molecule has 0 radical (unpaired) electrons.